The molecule has 0 bridgehead atoms. The number of H-pyrrole nitrogens is 1. The number of likely N-dealkylation sites (tertiary alicyclic amines) is 1. The number of benzene rings is 1. The highest BCUT2D eigenvalue weighted by Gasteiger charge is 2.26. The van der Waals surface area contributed by atoms with Crippen LogP contribution in [0.25, 0.3) is 11.1 Å². The second-order valence-electron chi connectivity index (χ2n) is 8.97. The third-order valence-electron chi connectivity index (χ3n) is 5.23. The zero-order valence-electron chi connectivity index (χ0n) is 18.8. The molecule has 8 heteroatoms. The van der Waals surface area contributed by atoms with Crippen LogP contribution in [0.2, 0.25) is 0 Å². The lowest BCUT2D eigenvalue weighted by Crippen LogP contribution is -2.47. The van der Waals surface area contributed by atoms with Crippen molar-refractivity contribution in [3.63, 3.8) is 0 Å². The van der Waals surface area contributed by atoms with Gasteiger partial charge in [0.25, 0.3) is 11.5 Å². The summed E-state index contributed by atoms with van der Waals surface area (Å²) < 4.78 is 5.29. The molecule has 2 N–H and O–H groups in total. The smallest absolute Gasteiger partial charge is 0.407 e. The number of hydrogen-bond donors (Lipinski definition) is 2. The fourth-order valence-electron chi connectivity index (χ4n) is 3.70. The molecule has 0 atom stereocenters. The van der Waals surface area contributed by atoms with E-state index in [0.717, 1.165) is 0 Å². The lowest BCUT2D eigenvalue weighted by Gasteiger charge is -2.33. The second kappa shape index (κ2) is 9.27. The SMILES string of the molecule is Cc1cc(-c2ccc(C(=O)N3CCC(NC(=O)OC(C)(C)C)CC3)cc2)c(C#N)c(=O)[nH]1. The Morgan fingerprint density at radius 1 is 1.19 bits per heavy atom. The summed E-state index contributed by atoms with van der Waals surface area (Å²) in [5, 5.41) is 12.2. The van der Waals surface area contributed by atoms with Crippen molar-refractivity contribution in [2.24, 2.45) is 0 Å². The topological polar surface area (TPSA) is 115 Å². The number of ether oxygens (including phenoxy) is 1. The Kier molecular flexibility index (Phi) is 6.68. The van der Waals surface area contributed by atoms with Gasteiger partial charge >= 0.3 is 6.09 Å². The number of nitrogens with one attached hydrogen (secondary N) is 2. The molecule has 3 rings (SSSR count). The number of nitriles is 1. The molecular weight excluding hydrogens is 408 g/mol. The molecule has 8 nitrogen and oxygen atoms in total. The quantitative estimate of drug-likeness (QED) is 0.766. The third kappa shape index (κ3) is 5.55. The van der Waals surface area contributed by atoms with Crippen LogP contribution in [-0.4, -0.2) is 46.6 Å². The van der Waals surface area contributed by atoms with E-state index in [0.29, 0.717) is 48.3 Å². The minimum atomic E-state index is -0.549. The molecule has 0 spiro atoms. The van der Waals surface area contributed by atoms with Crippen LogP contribution < -0.4 is 10.9 Å². The molecule has 168 valence electrons. The number of aryl methyl sites for hydroxylation is 1. The Labute approximate surface area is 187 Å². The summed E-state index contributed by atoms with van der Waals surface area (Å²) >= 11 is 0. The number of rotatable bonds is 3. The van der Waals surface area contributed by atoms with Crippen molar-refractivity contribution in [2.75, 3.05) is 13.1 Å². The Morgan fingerprint density at radius 2 is 1.81 bits per heavy atom. The normalized spacial score (nSPS) is 14.5. The summed E-state index contributed by atoms with van der Waals surface area (Å²) in [5.41, 5.74) is 1.51. The van der Waals surface area contributed by atoms with Gasteiger partial charge in [0.05, 0.1) is 0 Å². The highest BCUT2D eigenvalue weighted by atomic mass is 16.6. The Hall–Kier alpha value is -3.60. The number of hydrogen-bond acceptors (Lipinski definition) is 5. The number of amides is 2. The van der Waals surface area contributed by atoms with Gasteiger partial charge in [0.2, 0.25) is 0 Å². The van der Waals surface area contributed by atoms with E-state index in [-0.39, 0.29) is 17.5 Å². The first-order valence-corrected chi connectivity index (χ1v) is 10.6. The maximum Gasteiger partial charge on any atom is 0.407 e. The van der Waals surface area contributed by atoms with Crippen molar-refractivity contribution < 1.29 is 14.3 Å². The number of alkyl carbamates (subject to hydrolysis) is 1. The van der Waals surface area contributed by atoms with Crippen LogP contribution in [0.1, 0.15) is 55.2 Å². The molecular formula is C24H28N4O4. The molecule has 32 heavy (non-hydrogen) atoms. The average Bonchev–Trinajstić information content (AvgIpc) is 2.72. The number of aromatic nitrogens is 1. The van der Waals surface area contributed by atoms with Crippen LogP contribution in [0.15, 0.2) is 35.1 Å². The van der Waals surface area contributed by atoms with Crippen LogP contribution >= 0.6 is 0 Å². The molecule has 0 unspecified atom stereocenters. The van der Waals surface area contributed by atoms with E-state index in [1.165, 1.54) is 0 Å². The molecule has 1 aliphatic rings. The van der Waals surface area contributed by atoms with Crippen molar-refractivity contribution in [1.82, 2.24) is 15.2 Å². The number of pyridine rings is 1. The first kappa shape index (κ1) is 23.1. The van der Waals surface area contributed by atoms with Gasteiger partial charge in [-0.05, 0) is 64.3 Å². The number of carbonyl (C=O) groups excluding carboxylic acids is 2. The van der Waals surface area contributed by atoms with Crippen molar-refractivity contribution in [1.29, 1.82) is 5.26 Å². The van der Waals surface area contributed by atoms with E-state index < -0.39 is 17.3 Å². The molecule has 0 saturated carbocycles. The lowest BCUT2D eigenvalue weighted by molar-refractivity contribution is 0.0473. The first-order valence-electron chi connectivity index (χ1n) is 10.6. The van der Waals surface area contributed by atoms with Gasteiger partial charge in [0.15, 0.2) is 0 Å². The van der Waals surface area contributed by atoms with Gasteiger partial charge in [-0.25, -0.2) is 4.79 Å². The van der Waals surface area contributed by atoms with Crippen molar-refractivity contribution >= 4 is 12.0 Å². The standard InChI is InChI=1S/C24H28N4O4/c1-15-13-19(20(14-25)21(29)26-15)16-5-7-17(8-6-16)22(30)28-11-9-18(10-12-28)27-23(31)32-24(2,3)4/h5-8,13,18H,9-12H2,1-4H3,(H,26,29)(H,27,31). The fraction of sp³-hybridized carbons (Fsp3) is 0.417. The molecule has 2 amide bonds. The molecule has 1 saturated heterocycles. The van der Waals surface area contributed by atoms with E-state index in [1.807, 2.05) is 26.8 Å². The van der Waals surface area contributed by atoms with E-state index in [9.17, 15) is 19.6 Å². The fourth-order valence-corrected chi connectivity index (χ4v) is 3.70. The zero-order chi connectivity index (χ0) is 23.5. The van der Waals surface area contributed by atoms with Crippen LogP contribution in [0.4, 0.5) is 4.79 Å². The first-order chi connectivity index (χ1) is 15.1. The van der Waals surface area contributed by atoms with Gasteiger partial charge in [-0.15, -0.1) is 0 Å². The van der Waals surface area contributed by atoms with Crippen LogP contribution in [-0.2, 0) is 4.74 Å². The highest BCUT2D eigenvalue weighted by Crippen LogP contribution is 2.23. The van der Waals surface area contributed by atoms with E-state index >= 15 is 0 Å². The Bertz CT molecular complexity index is 1100. The Balaban J connectivity index is 1.64. The van der Waals surface area contributed by atoms with Crippen LogP contribution in [0.3, 0.4) is 0 Å². The second-order valence-corrected chi connectivity index (χ2v) is 8.97. The van der Waals surface area contributed by atoms with Crippen molar-refractivity contribution in [3.8, 4) is 17.2 Å². The largest absolute Gasteiger partial charge is 0.444 e. The molecule has 1 aliphatic heterocycles. The van der Waals surface area contributed by atoms with Crippen LogP contribution in [0.5, 0.6) is 0 Å². The maximum atomic E-state index is 12.9. The number of nitrogens with zero attached hydrogens (tertiary/aromatic N) is 2. The molecule has 1 fully saturated rings. The lowest BCUT2D eigenvalue weighted by atomic mass is 9.99. The van der Waals surface area contributed by atoms with Gasteiger partial charge in [-0.3, -0.25) is 9.59 Å². The predicted molar refractivity (Wildman–Crippen MR) is 120 cm³/mol. The monoisotopic (exact) mass is 436 g/mol. The van der Waals surface area contributed by atoms with E-state index in [1.54, 1.807) is 42.2 Å². The number of piperidine rings is 1. The van der Waals surface area contributed by atoms with Gasteiger partial charge < -0.3 is 19.9 Å². The third-order valence-corrected chi connectivity index (χ3v) is 5.23. The van der Waals surface area contributed by atoms with Gasteiger partial charge in [-0.1, -0.05) is 12.1 Å². The predicted octanol–water partition coefficient (Wildman–Crippen LogP) is 3.35. The van der Waals surface area contributed by atoms with Gasteiger partial charge in [-0.2, -0.15) is 5.26 Å². The number of aromatic amines is 1. The molecule has 0 radical (unpaired) electrons. The summed E-state index contributed by atoms with van der Waals surface area (Å²) in [6.45, 7) is 8.27. The van der Waals surface area contributed by atoms with E-state index in [4.69, 9.17) is 4.74 Å². The average molecular weight is 437 g/mol. The number of carbonyl (C=O) groups is 2. The summed E-state index contributed by atoms with van der Waals surface area (Å²) in [6.07, 6.45) is 0.867. The molecule has 0 aliphatic carbocycles. The highest BCUT2D eigenvalue weighted by molar-refractivity contribution is 5.95. The van der Waals surface area contributed by atoms with E-state index in [2.05, 4.69) is 10.3 Å². The summed E-state index contributed by atoms with van der Waals surface area (Å²) in [4.78, 5) is 41.3. The molecule has 1 aromatic heterocycles. The van der Waals surface area contributed by atoms with Crippen LogP contribution in [0, 0.1) is 18.3 Å². The summed E-state index contributed by atoms with van der Waals surface area (Å²) in [7, 11) is 0. The maximum absolute atomic E-state index is 12.9. The Morgan fingerprint density at radius 3 is 2.38 bits per heavy atom. The van der Waals surface area contributed by atoms with Gasteiger partial charge in [0.1, 0.15) is 17.2 Å². The molecule has 1 aromatic carbocycles. The molecule has 2 aromatic rings. The molecule has 2 heterocycles. The zero-order valence-corrected chi connectivity index (χ0v) is 18.8. The summed E-state index contributed by atoms with van der Waals surface area (Å²) in [6, 6.07) is 10.6. The minimum Gasteiger partial charge on any atom is -0.444 e. The van der Waals surface area contributed by atoms with Crippen molar-refractivity contribution in [2.45, 2.75) is 52.2 Å². The van der Waals surface area contributed by atoms with Crippen molar-refractivity contribution in [3.05, 3.63) is 57.5 Å². The summed E-state index contributed by atoms with van der Waals surface area (Å²) in [5.74, 6) is -0.0881. The minimum absolute atomic E-state index is 0.0277. The van der Waals surface area contributed by atoms with Gasteiger partial charge in [0, 0.05) is 36.0 Å².